The summed E-state index contributed by atoms with van der Waals surface area (Å²) in [6, 6.07) is 10.5. The molecule has 0 spiro atoms. The minimum Gasteiger partial charge on any atom is -0.379 e. The summed E-state index contributed by atoms with van der Waals surface area (Å²) < 4.78 is 9.66. The molecule has 7 heteroatoms. The molecule has 0 atom stereocenters. The van der Waals surface area contributed by atoms with Gasteiger partial charge in [0.2, 0.25) is 0 Å². The van der Waals surface area contributed by atoms with Crippen LogP contribution in [-0.2, 0) is 4.74 Å². The van der Waals surface area contributed by atoms with Crippen LogP contribution in [0.25, 0.3) is 16.9 Å². The van der Waals surface area contributed by atoms with Gasteiger partial charge in [-0.2, -0.15) is 5.10 Å². The fourth-order valence-corrected chi connectivity index (χ4v) is 4.74. The number of hydrogen-bond acceptors (Lipinski definition) is 4. The Kier molecular flexibility index (Phi) is 5.55. The first kappa shape index (κ1) is 19.3. The standard InChI is InChI=1S/C23H29N5O2/c29-23(24-10-12-26-13-15-30-16-14-26)19-17-22(27-11-4-3-7-20(19)27)21-8-9-25-28(21)18-5-1-2-6-18/h3-4,7-9,11,17-18H,1-2,5-6,10,12-16H2,(H,24,29). The summed E-state index contributed by atoms with van der Waals surface area (Å²) in [4.78, 5) is 15.4. The lowest BCUT2D eigenvalue weighted by molar-refractivity contribution is 0.0383. The number of carbonyl (C=O) groups excluding carboxylic acids is 1. The van der Waals surface area contributed by atoms with Crippen LogP contribution in [0.4, 0.5) is 0 Å². The Labute approximate surface area is 176 Å². The van der Waals surface area contributed by atoms with E-state index in [2.05, 4.69) is 30.5 Å². The molecule has 2 aliphatic rings. The van der Waals surface area contributed by atoms with E-state index in [0.29, 0.717) is 18.2 Å². The average Bonchev–Trinajstić information content (AvgIpc) is 3.53. The number of aromatic nitrogens is 3. The lowest BCUT2D eigenvalue weighted by Gasteiger charge is -2.26. The van der Waals surface area contributed by atoms with Gasteiger partial charge in [0.1, 0.15) is 0 Å². The summed E-state index contributed by atoms with van der Waals surface area (Å²) in [6.07, 6.45) is 8.77. The van der Waals surface area contributed by atoms with Gasteiger partial charge in [0, 0.05) is 38.6 Å². The number of fused-ring (bicyclic) bond motifs is 1. The second kappa shape index (κ2) is 8.62. The molecule has 7 nitrogen and oxygen atoms in total. The molecule has 3 aromatic heterocycles. The van der Waals surface area contributed by atoms with Crippen molar-refractivity contribution in [2.75, 3.05) is 39.4 Å². The van der Waals surface area contributed by atoms with Crippen LogP contribution in [0, 0.1) is 0 Å². The van der Waals surface area contributed by atoms with Crippen LogP contribution < -0.4 is 5.32 Å². The van der Waals surface area contributed by atoms with Gasteiger partial charge >= 0.3 is 0 Å². The summed E-state index contributed by atoms with van der Waals surface area (Å²) in [5, 5.41) is 7.73. The molecule has 1 N–H and O–H groups in total. The molecule has 0 bridgehead atoms. The van der Waals surface area contributed by atoms with Crippen molar-refractivity contribution in [2.45, 2.75) is 31.7 Å². The Balaban J connectivity index is 1.39. The van der Waals surface area contributed by atoms with Crippen molar-refractivity contribution in [2.24, 2.45) is 0 Å². The summed E-state index contributed by atoms with van der Waals surface area (Å²) in [5.74, 6) is -0.0230. The predicted molar refractivity (Wildman–Crippen MR) is 116 cm³/mol. The first-order chi connectivity index (χ1) is 14.8. The van der Waals surface area contributed by atoms with E-state index >= 15 is 0 Å². The number of rotatable bonds is 6. The number of carbonyl (C=O) groups is 1. The maximum Gasteiger partial charge on any atom is 0.253 e. The number of ether oxygens (including phenoxy) is 1. The van der Waals surface area contributed by atoms with E-state index in [9.17, 15) is 4.79 Å². The van der Waals surface area contributed by atoms with Crippen LogP contribution in [0.5, 0.6) is 0 Å². The molecule has 1 aliphatic carbocycles. The molecule has 1 saturated carbocycles. The van der Waals surface area contributed by atoms with Gasteiger partial charge in [-0.05, 0) is 37.1 Å². The van der Waals surface area contributed by atoms with Crippen LogP contribution >= 0.6 is 0 Å². The van der Waals surface area contributed by atoms with Crippen molar-refractivity contribution >= 4 is 11.4 Å². The molecular weight excluding hydrogens is 378 g/mol. The fraction of sp³-hybridized carbons (Fsp3) is 0.478. The minimum atomic E-state index is -0.0230. The third-order valence-corrected chi connectivity index (χ3v) is 6.34. The molecule has 30 heavy (non-hydrogen) atoms. The Morgan fingerprint density at radius 3 is 2.80 bits per heavy atom. The summed E-state index contributed by atoms with van der Waals surface area (Å²) in [6.45, 7) is 4.90. The van der Waals surface area contributed by atoms with Gasteiger partial charge < -0.3 is 14.5 Å². The first-order valence-corrected chi connectivity index (χ1v) is 11.0. The lowest BCUT2D eigenvalue weighted by atomic mass is 10.2. The second-order valence-electron chi connectivity index (χ2n) is 8.21. The highest BCUT2D eigenvalue weighted by Gasteiger charge is 2.23. The molecule has 3 aromatic rings. The van der Waals surface area contributed by atoms with E-state index in [0.717, 1.165) is 49.8 Å². The van der Waals surface area contributed by atoms with E-state index < -0.39 is 0 Å². The van der Waals surface area contributed by atoms with Gasteiger partial charge in [-0.3, -0.25) is 14.4 Å². The number of morpholine rings is 1. The molecule has 1 amide bonds. The monoisotopic (exact) mass is 407 g/mol. The SMILES string of the molecule is O=C(NCCN1CCOCC1)c1cc(-c2ccnn2C2CCCC2)n2ccccc12. The van der Waals surface area contributed by atoms with E-state index in [4.69, 9.17) is 4.74 Å². The maximum atomic E-state index is 13.0. The zero-order valence-corrected chi connectivity index (χ0v) is 17.3. The van der Waals surface area contributed by atoms with Crippen LogP contribution in [0.15, 0.2) is 42.7 Å². The zero-order valence-electron chi connectivity index (χ0n) is 17.3. The Morgan fingerprint density at radius 1 is 1.13 bits per heavy atom. The van der Waals surface area contributed by atoms with Gasteiger partial charge in [-0.25, -0.2) is 0 Å². The van der Waals surface area contributed by atoms with Gasteiger partial charge in [-0.15, -0.1) is 0 Å². The molecule has 0 radical (unpaired) electrons. The number of pyridine rings is 1. The lowest BCUT2D eigenvalue weighted by Crippen LogP contribution is -2.41. The number of nitrogens with one attached hydrogen (secondary N) is 1. The van der Waals surface area contributed by atoms with Crippen LogP contribution in [0.2, 0.25) is 0 Å². The summed E-state index contributed by atoms with van der Waals surface area (Å²) in [7, 11) is 0. The second-order valence-corrected chi connectivity index (χ2v) is 8.21. The Morgan fingerprint density at radius 2 is 1.97 bits per heavy atom. The molecule has 1 aliphatic heterocycles. The zero-order chi connectivity index (χ0) is 20.3. The highest BCUT2D eigenvalue weighted by atomic mass is 16.5. The topological polar surface area (TPSA) is 63.8 Å². The Hall–Kier alpha value is -2.64. The molecule has 0 aromatic carbocycles. The third-order valence-electron chi connectivity index (χ3n) is 6.34. The van der Waals surface area contributed by atoms with Crippen LogP contribution in [-0.4, -0.2) is 64.4 Å². The van der Waals surface area contributed by atoms with Crippen molar-refractivity contribution < 1.29 is 9.53 Å². The predicted octanol–water partition coefficient (Wildman–Crippen LogP) is 2.98. The average molecular weight is 408 g/mol. The van der Waals surface area contributed by atoms with E-state index in [-0.39, 0.29) is 5.91 Å². The van der Waals surface area contributed by atoms with Gasteiger partial charge in [-0.1, -0.05) is 18.9 Å². The van der Waals surface area contributed by atoms with Crippen LogP contribution in [0.1, 0.15) is 42.1 Å². The quantitative estimate of drug-likeness (QED) is 0.682. The number of hydrogen-bond donors (Lipinski definition) is 1. The minimum absolute atomic E-state index is 0.0230. The molecule has 4 heterocycles. The van der Waals surface area contributed by atoms with Crippen molar-refractivity contribution in [1.82, 2.24) is 24.4 Å². The summed E-state index contributed by atoms with van der Waals surface area (Å²) in [5.41, 5.74) is 3.74. The highest BCUT2D eigenvalue weighted by Crippen LogP contribution is 2.34. The first-order valence-electron chi connectivity index (χ1n) is 11.0. The van der Waals surface area contributed by atoms with Gasteiger partial charge in [0.25, 0.3) is 5.91 Å². The van der Waals surface area contributed by atoms with Crippen molar-refractivity contribution in [3.05, 3.63) is 48.3 Å². The summed E-state index contributed by atoms with van der Waals surface area (Å²) >= 11 is 0. The Bertz CT molecular complexity index is 1010. The molecule has 2 fully saturated rings. The van der Waals surface area contributed by atoms with Crippen LogP contribution in [0.3, 0.4) is 0 Å². The molecule has 1 saturated heterocycles. The van der Waals surface area contributed by atoms with Gasteiger partial charge in [0.05, 0.1) is 41.7 Å². The molecular formula is C23H29N5O2. The highest BCUT2D eigenvalue weighted by molar-refractivity contribution is 6.02. The fourth-order valence-electron chi connectivity index (χ4n) is 4.74. The normalized spacial score (nSPS) is 18.3. The molecule has 158 valence electrons. The molecule has 5 rings (SSSR count). The smallest absolute Gasteiger partial charge is 0.253 e. The van der Waals surface area contributed by atoms with Crippen molar-refractivity contribution in [3.8, 4) is 11.4 Å². The molecule has 0 unspecified atom stereocenters. The van der Waals surface area contributed by atoms with E-state index in [1.807, 2.05) is 36.7 Å². The van der Waals surface area contributed by atoms with E-state index in [1.54, 1.807) is 0 Å². The van der Waals surface area contributed by atoms with Crippen molar-refractivity contribution in [3.63, 3.8) is 0 Å². The largest absolute Gasteiger partial charge is 0.379 e. The number of amides is 1. The maximum absolute atomic E-state index is 13.0. The van der Waals surface area contributed by atoms with Gasteiger partial charge in [0.15, 0.2) is 0 Å². The van der Waals surface area contributed by atoms with E-state index in [1.165, 1.54) is 25.7 Å². The number of nitrogens with zero attached hydrogens (tertiary/aromatic N) is 4. The van der Waals surface area contributed by atoms with Crippen molar-refractivity contribution in [1.29, 1.82) is 0 Å². The third kappa shape index (κ3) is 3.75.